The molecule has 29 heavy (non-hydrogen) atoms. The highest BCUT2D eigenvalue weighted by Crippen LogP contribution is 2.35. The Kier molecular flexibility index (Phi) is 9.82. The van der Waals surface area contributed by atoms with Crippen LogP contribution in [0.2, 0.25) is 0 Å². The van der Waals surface area contributed by atoms with Gasteiger partial charge in [-0.2, -0.15) is 0 Å². The van der Waals surface area contributed by atoms with Gasteiger partial charge >= 0.3 is 0 Å². The Morgan fingerprint density at radius 3 is 2.69 bits per heavy atom. The molecule has 7 heteroatoms. The third-order valence-corrected chi connectivity index (χ3v) is 5.53. The summed E-state index contributed by atoms with van der Waals surface area (Å²) in [6, 6.07) is 4.24. The minimum absolute atomic E-state index is 0. The molecule has 2 aliphatic heterocycles. The summed E-state index contributed by atoms with van der Waals surface area (Å²) in [6.45, 7) is 11.6. The van der Waals surface area contributed by atoms with Gasteiger partial charge in [0, 0.05) is 30.6 Å². The second-order valence-electron chi connectivity index (χ2n) is 7.96. The highest BCUT2D eigenvalue weighted by atomic mass is 127. The van der Waals surface area contributed by atoms with Crippen molar-refractivity contribution in [2.75, 3.05) is 39.8 Å². The van der Waals surface area contributed by atoms with E-state index in [1.807, 2.05) is 6.92 Å². The number of hydrogen-bond acceptors (Lipinski definition) is 4. The molecule has 2 heterocycles. The van der Waals surface area contributed by atoms with E-state index in [1.54, 1.807) is 0 Å². The minimum Gasteiger partial charge on any atom is -0.494 e. The van der Waals surface area contributed by atoms with Crippen LogP contribution in [0.4, 0.5) is 0 Å². The topological polar surface area (TPSA) is 58.1 Å². The Morgan fingerprint density at radius 1 is 1.24 bits per heavy atom. The van der Waals surface area contributed by atoms with Gasteiger partial charge in [0.15, 0.2) is 5.96 Å². The van der Waals surface area contributed by atoms with Gasteiger partial charge in [0.05, 0.1) is 13.2 Å². The van der Waals surface area contributed by atoms with Crippen LogP contribution in [-0.2, 0) is 13.0 Å². The van der Waals surface area contributed by atoms with Crippen molar-refractivity contribution in [2.24, 2.45) is 10.9 Å². The lowest BCUT2D eigenvalue weighted by molar-refractivity contribution is 0.220. The molecule has 1 unspecified atom stereocenters. The van der Waals surface area contributed by atoms with Crippen molar-refractivity contribution in [1.29, 1.82) is 0 Å². The van der Waals surface area contributed by atoms with Crippen LogP contribution >= 0.6 is 24.0 Å². The van der Waals surface area contributed by atoms with E-state index in [1.165, 1.54) is 31.5 Å². The lowest BCUT2D eigenvalue weighted by atomic mass is 9.97. The van der Waals surface area contributed by atoms with Gasteiger partial charge in [-0.3, -0.25) is 0 Å². The van der Waals surface area contributed by atoms with Crippen LogP contribution in [0.3, 0.4) is 0 Å². The maximum absolute atomic E-state index is 5.93. The molecule has 0 amide bonds. The maximum Gasteiger partial charge on any atom is 0.191 e. The lowest BCUT2D eigenvalue weighted by Gasteiger charge is -2.29. The summed E-state index contributed by atoms with van der Waals surface area (Å²) >= 11 is 0. The summed E-state index contributed by atoms with van der Waals surface area (Å²) in [5.74, 6) is 3.49. The Bertz CT molecular complexity index is 675. The second kappa shape index (κ2) is 11.8. The van der Waals surface area contributed by atoms with Gasteiger partial charge in [0.25, 0.3) is 0 Å². The summed E-state index contributed by atoms with van der Waals surface area (Å²) in [5, 5.41) is 6.90. The Hall–Kier alpha value is -1.22. The van der Waals surface area contributed by atoms with E-state index in [-0.39, 0.29) is 30.1 Å². The molecular weight excluding hydrogens is 479 g/mol. The molecule has 6 nitrogen and oxygen atoms in total. The van der Waals surface area contributed by atoms with Crippen LogP contribution in [0.5, 0.6) is 11.5 Å². The first-order chi connectivity index (χ1) is 13.6. The number of aliphatic imine (C=N–C) groups is 1. The zero-order valence-corrected chi connectivity index (χ0v) is 20.6. The van der Waals surface area contributed by atoms with Crippen molar-refractivity contribution in [1.82, 2.24) is 15.5 Å². The molecule has 0 saturated carbocycles. The number of benzene rings is 1. The second-order valence-corrected chi connectivity index (χ2v) is 7.96. The molecule has 1 atom stereocenters. The summed E-state index contributed by atoms with van der Waals surface area (Å²) < 4.78 is 11.8. The molecule has 2 N–H and O–H groups in total. The molecule has 2 aliphatic rings. The molecule has 0 spiro atoms. The Balaban J connectivity index is 0.00000300. The number of nitrogens with zero attached hydrogens (tertiary/aromatic N) is 2. The quantitative estimate of drug-likeness (QED) is 0.331. The highest BCUT2D eigenvalue weighted by Gasteiger charge is 2.22. The fourth-order valence-electron chi connectivity index (χ4n) is 3.91. The number of hydrogen-bond donors (Lipinski definition) is 2. The summed E-state index contributed by atoms with van der Waals surface area (Å²) in [5.41, 5.74) is 2.31. The molecule has 1 aromatic carbocycles. The van der Waals surface area contributed by atoms with Gasteiger partial charge in [0.2, 0.25) is 0 Å². The fraction of sp³-hybridized carbons (Fsp3) is 0.682. The minimum atomic E-state index is 0. The van der Waals surface area contributed by atoms with Crippen LogP contribution in [0.15, 0.2) is 17.1 Å². The molecule has 0 aromatic heterocycles. The van der Waals surface area contributed by atoms with E-state index in [4.69, 9.17) is 14.5 Å². The number of halogens is 1. The first kappa shape index (κ1) is 24.1. The zero-order valence-electron chi connectivity index (χ0n) is 18.3. The summed E-state index contributed by atoms with van der Waals surface area (Å²) in [6.07, 6.45) is 3.67. The van der Waals surface area contributed by atoms with Crippen LogP contribution in [0, 0.1) is 5.92 Å². The molecule has 0 radical (unpaired) electrons. The van der Waals surface area contributed by atoms with Crippen LogP contribution in [-0.4, -0.2) is 56.8 Å². The first-order valence-corrected chi connectivity index (χ1v) is 10.7. The number of fused-ring (bicyclic) bond motifs is 1. The number of piperidine rings is 1. The van der Waals surface area contributed by atoms with E-state index >= 15 is 0 Å². The standard InChI is InChI=1S/C22H36N4O2.HI/c1-5-23-22(24-14-17-7-9-26(4)10-8-17)25-15-19-13-21-18(11-16(3)28-21)12-20(19)27-6-2;/h12-13,16-17H,5-11,14-15H2,1-4H3,(H2,23,24,25);1H. The number of likely N-dealkylation sites (tertiary alicyclic amines) is 1. The van der Waals surface area contributed by atoms with Crippen molar-refractivity contribution in [2.45, 2.75) is 52.7 Å². The molecule has 0 bridgehead atoms. The highest BCUT2D eigenvalue weighted by molar-refractivity contribution is 14.0. The van der Waals surface area contributed by atoms with Crippen molar-refractivity contribution >= 4 is 29.9 Å². The van der Waals surface area contributed by atoms with Gasteiger partial charge in [-0.25, -0.2) is 4.99 Å². The molecule has 1 fully saturated rings. The monoisotopic (exact) mass is 516 g/mol. The lowest BCUT2D eigenvalue weighted by Crippen LogP contribution is -2.42. The summed E-state index contributed by atoms with van der Waals surface area (Å²) in [7, 11) is 2.20. The van der Waals surface area contributed by atoms with Gasteiger partial charge in [-0.05, 0) is 71.8 Å². The average molecular weight is 516 g/mol. The smallest absolute Gasteiger partial charge is 0.191 e. The van der Waals surface area contributed by atoms with Crippen LogP contribution < -0.4 is 20.1 Å². The van der Waals surface area contributed by atoms with E-state index in [0.29, 0.717) is 19.1 Å². The van der Waals surface area contributed by atoms with E-state index in [2.05, 4.69) is 48.6 Å². The third-order valence-electron chi connectivity index (χ3n) is 5.53. The Morgan fingerprint density at radius 2 is 2.00 bits per heavy atom. The SMILES string of the molecule is CCNC(=NCc1cc2c(cc1OCC)CC(C)O2)NCC1CCN(C)CC1.I. The van der Waals surface area contributed by atoms with Crippen molar-refractivity contribution in [3.05, 3.63) is 23.3 Å². The fourth-order valence-corrected chi connectivity index (χ4v) is 3.91. The molecule has 3 rings (SSSR count). The molecule has 1 saturated heterocycles. The number of ether oxygens (including phenoxy) is 2. The van der Waals surface area contributed by atoms with E-state index in [0.717, 1.165) is 42.5 Å². The van der Waals surface area contributed by atoms with Crippen molar-refractivity contribution in [3.8, 4) is 11.5 Å². The number of rotatable bonds is 7. The van der Waals surface area contributed by atoms with Gasteiger partial charge in [0.1, 0.15) is 17.6 Å². The number of nitrogens with one attached hydrogen (secondary N) is 2. The third kappa shape index (κ3) is 6.91. The molecular formula is C22H37IN4O2. The first-order valence-electron chi connectivity index (χ1n) is 10.7. The van der Waals surface area contributed by atoms with Gasteiger partial charge < -0.3 is 25.0 Å². The normalized spacial score (nSPS) is 19.9. The Labute approximate surface area is 192 Å². The van der Waals surface area contributed by atoms with Crippen LogP contribution in [0.25, 0.3) is 0 Å². The van der Waals surface area contributed by atoms with Crippen molar-refractivity contribution < 1.29 is 9.47 Å². The largest absolute Gasteiger partial charge is 0.494 e. The predicted octanol–water partition coefficient (Wildman–Crippen LogP) is 3.42. The van der Waals surface area contributed by atoms with Gasteiger partial charge in [-0.15, -0.1) is 24.0 Å². The molecule has 164 valence electrons. The average Bonchev–Trinajstić information content (AvgIpc) is 3.04. The van der Waals surface area contributed by atoms with Crippen LogP contribution in [0.1, 0.15) is 44.7 Å². The van der Waals surface area contributed by atoms with E-state index < -0.39 is 0 Å². The predicted molar refractivity (Wildman–Crippen MR) is 130 cm³/mol. The van der Waals surface area contributed by atoms with Crippen molar-refractivity contribution in [3.63, 3.8) is 0 Å². The number of guanidine groups is 1. The van der Waals surface area contributed by atoms with Gasteiger partial charge in [-0.1, -0.05) is 0 Å². The maximum atomic E-state index is 5.93. The molecule has 1 aromatic rings. The summed E-state index contributed by atoms with van der Waals surface area (Å²) in [4.78, 5) is 7.22. The van der Waals surface area contributed by atoms with E-state index in [9.17, 15) is 0 Å². The zero-order chi connectivity index (χ0) is 19.9. The molecule has 0 aliphatic carbocycles.